The standard InChI is InChI=1S/C7H13NO4Si/c1-5-6(8(10)11)7(9)12-13(2,3)4/h5H,1-4H3. The summed E-state index contributed by atoms with van der Waals surface area (Å²) >= 11 is 0. The van der Waals surface area contributed by atoms with Gasteiger partial charge in [-0.3, -0.25) is 10.1 Å². The van der Waals surface area contributed by atoms with Crippen LogP contribution in [0.4, 0.5) is 0 Å². The first-order chi connectivity index (χ1) is 5.78. The minimum atomic E-state index is -2.04. The van der Waals surface area contributed by atoms with Gasteiger partial charge in [0, 0.05) is 0 Å². The van der Waals surface area contributed by atoms with Crippen molar-refractivity contribution in [1.82, 2.24) is 0 Å². The summed E-state index contributed by atoms with van der Waals surface area (Å²) in [5.74, 6) is -0.841. The van der Waals surface area contributed by atoms with Gasteiger partial charge in [0.15, 0.2) is 0 Å². The molecule has 13 heavy (non-hydrogen) atoms. The molecule has 0 aromatic rings. The van der Waals surface area contributed by atoms with E-state index in [2.05, 4.69) is 0 Å². The summed E-state index contributed by atoms with van der Waals surface area (Å²) in [7, 11) is -2.04. The molecule has 0 N–H and O–H groups in total. The summed E-state index contributed by atoms with van der Waals surface area (Å²) in [6.07, 6.45) is 1.14. The lowest BCUT2D eigenvalue weighted by Gasteiger charge is -2.15. The molecule has 0 radical (unpaired) electrons. The lowest BCUT2D eigenvalue weighted by Crippen LogP contribution is -2.31. The predicted molar refractivity (Wildman–Crippen MR) is 50.2 cm³/mol. The monoisotopic (exact) mass is 203 g/mol. The molecule has 0 rings (SSSR count). The van der Waals surface area contributed by atoms with Crippen LogP contribution in [-0.2, 0) is 9.22 Å². The van der Waals surface area contributed by atoms with Crippen LogP contribution in [-0.4, -0.2) is 19.2 Å². The highest BCUT2D eigenvalue weighted by molar-refractivity contribution is 6.71. The van der Waals surface area contributed by atoms with E-state index in [0.717, 1.165) is 6.08 Å². The number of rotatable bonds is 3. The molecule has 5 nitrogen and oxygen atoms in total. The normalized spacial score (nSPS) is 12.5. The maximum absolute atomic E-state index is 11.1. The molecule has 6 heteroatoms. The molecule has 0 aliphatic rings. The first-order valence-electron chi connectivity index (χ1n) is 3.82. The van der Waals surface area contributed by atoms with Crippen LogP contribution in [0.3, 0.4) is 0 Å². The fourth-order valence-electron chi connectivity index (χ4n) is 0.628. The minimum Gasteiger partial charge on any atom is -0.512 e. The Kier molecular flexibility index (Phi) is 3.80. The summed E-state index contributed by atoms with van der Waals surface area (Å²) in [5, 5.41) is 10.3. The molecule has 0 saturated heterocycles. The number of allylic oxidation sites excluding steroid dienone is 1. The number of carbonyl (C=O) groups excluding carboxylic acids is 1. The van der Waals surface area contributed by atoms with E-state index in [-0.39, 0.29) is 0 Å². The van der Waals surface area contributed by atoms with Crippen molar-refractivity contribution >= 4 is 14.3 Å². The molecule has 0 bridgehead atoms. The summed E-state index contributed by atoms with van der Waals surface area (Å²) < 4.78 is 4.94. The van der Waals surface area contributed by atoms with E-state index >= 15 is 0 Å². The Morgan fingerprint density at radius 3 is 2.15 bits per heavy atom. The molecule has 0 fully saturated rings. The molecule has 0 aromatic heterocycles. The number of carbonyl (C=O) groups is 1. The molecular weight excluding hydrogens is 190 g/mol. The molecule has 0 aliphatic carbocycles. The largest absolute Gasteiger partial charge is 0.512 e. The zero-order valence-electron chi connectivity index (χ0n) is 8.16. The van der Waals surface area contributed by atoms with Crippen molar-refractivity contribution < 1.29 is 14.1 Å². The molecule has 0 atom stereocenters. The maximum Gasteiger partial charge on any atom is 0.396 e. The summed E-state index contributed by atoms with van der Waals surface area (Å²) in [5.41, 5.74) is -0.498. The summed E-state index contributed by atoms with van der Waals surface area (Å²) in [6.45, 7) is 6.80. The Balaban J connectivity index is 4.52. The van der Waals surface area contributed by atoms with E-state index in [4.69, 9.17) is 4.43 Å². The van der Waals surface area contributed by atoms with Gasteiger partial charge >= 0.3 is 11.7 Å². The zero-order valence-corrected chi connectivity index (χ0v) is 9.16. The SMILES string of the molecule is CC=C(C(=O)O[Si](C)(C)C)[N+](=O)[O-]. The van der Waals surface area contributed by atoms with Crippen molar-refractivity contribution in [3.05, 3.63) is 21.9 Å². The Morgan fingerprint density at radius 2 is 1.92 bits per heavy atom. The molecule has 0 saturated carbocycles. The Morgan fingerprint density at radius 1 is 1.46 bits per heavy atom. The third kappa shape index (κ3) is 4.41. The van der Waals surface area contributed by atoms with E-state index in [1.165, 1.54) is 6.92 Å². The van der Waals surface area contributed by atoms with Crippen LogP contribution in [0.25, 0.3) is 0 Å². The molecule has 0 heterocycles. The second-order valence-corrected chi connectivity index (χ2v) is 7.86. The van der Waals surface area contributed by atoms with Gasteiger partial charge in [-0.2, -0.15) is 0 Å². The van der Waals surface area contributed by atoms with Gasteiger partial charge < -0.3 is 4.43 Å². The molecule has 0 amide bonds. The van der Waals surface area contributed by atoms with E-state index in [9.17, 15) is 14.9 Å². The van der Waals surface area contributed by atoms with Crippen molar-refractivity contribution in [2.75, 3.05) is 0 Å². The minimum absolute atomic E-state index is 0.498. The molecule has 74 valence electrons. The highest BCUT2D eigenvalue weighted by Crippen LogP contribution is 2.08. The Labute approximate surface area is 77.7 Å². The van der Waals surface area contributed by atoms with E-state index in [0.29, 0.717) is 0 Å². The van der Waals surface area contributed by atoms with Gasteiger partial charge in [-0.15, -0.1) is 0 Å². The van der Waals surface area contributed by atoms with Gasteiger partial charge in [-0.05, 0) is 32.6 Å². The zero-order chi connectivity index (χ0) is 10.6. The third-order valence-corrected chi connectivity index (χ3v) is 1.88. The van der Waals surface area contributed by atoms with E-state index in [1.807, 2.05) is 0 Å². The van der Waals surface area contributed by atoms with E-state index < -0.39 is 24.9 Å². The van der Waals surface area contributed by atoms with Gasteiger partial charge in [0.2, 0.25) is 8.32 Å². The molecule has 0 aromatic carbocycles. The second kappa shape index (κ2) is 4.17. The van der Waals surface area contributed by atoms with Crippen LogP contribution in [0.2, 0.25) is 19.6 Å². The Hall–Kier alpha value is -1.17. The lowest BCUT2D eigenvalue weighted by atomic mass is 10.4. The van der Waals surface area contributed by atoms with Gasteiger partial charge in [-0.1, -0.05) is 0 Å². The number of hydrogen-bond donors (Lipinski definition) is 0. The predicted octanol–water partition coefficient (Wildman–Crippen LogP) is 1.54. The van der Waals surface area contributed by atoms with Crippen LogP contribution < -0.4 is 0 Å². The Bertz CT molecular complexity index is 254. The lowest BCUT2D eigenvalue weighted by molar-refractivity contribution is -0.420. The van der Waals surface area contributed by atoms with Gasteiger partial charge in [0.25, 0.3) is 0 Å². The third-order valence-electron chi connectivity index (χ3n) is 1.08. The highest BCUT2D eigenvalue weighted by atomic mass is 28.4. The van der Waals surface area contributed by atoms with Crippen molar-refractivity contribution in [3.63, 3.8) is 0 Å². The van der Waals surface area contributed by atoms with Crippen LogP contribution in [0, 0.1) is 10.1 Å². The number of hydrogen-bond acceptors (Lipinski definition) is 4. The van der Waals surface area contributed by atoms with Crippen molar-refractivity contribution in [3.8, 4) is 0 Å². The van der Waals surface area contributed by atoms with Crippen LogP contribution in [0.15, 0.2) is 11.8 Å². The first kappa shape index (κ1) is 11.8. The highest BCUT2D eigenvalue weighted by Gasteiger charge is 2.28. The van der Waals surface area contributed by atoms with Crippen molar-refractivity contribution in [2.45, 2.75) is 26.6 Å². The van der Waals surface area contributed by atoms with Gasteiger partial charge in [0.1, 0.15) is 0 Å². The fourth-order valence-corrected chi connectivity index (χ4v) is 1.29. The van der Waals surface area contributed by atoms with E-state index in [1.54, 1.807) is 19.6 Å². The molecular formula is C7H13NO4Si. The van der Waals surface area contributed by atoms with Crippen LogP contribution in [0.1, 0.15) is 6.92 Å². The topological polar surface area (TPSA) is 69.4 Å². The fraction of sp³-hybridized carbons (Fsp3) is 0.571. The maximum atomic E-state index is 11.1. The first-order valence-corrected chi connectivity index (χ1v) is 7.23. The van der Waals surface area contributed by atoms with Gasteiger partial charge in [0.05, 0.1) is 4.92 Å². The van der Waals surface area contributed by atoms with Crippen molar-refractivity contribution in [2.24, 2.45) is 0 Å². The smallest absolute Gasteiger partial charge is 0.396 e. The van der Waals surface area contributed by atoms with Crippen LogP contribution >= 0.6 is 0 Å². The van der Waals surface area contributed by atoms with Crippen LogP contribution in [0.5, 0.6) is 0 Å². The number of nitro groups is 1. The molecule has 0 unspecified atom stereocenters. The second-order valence-electron chi connectivity index (χ2n) is 3.43. The average Bonchev–Trinajstić information content (AvgIpc) is 1.82. The van der Waals surface area contributed by atoms with Crippen molar-refractivity contribution in [1.29, 1.82) is 0 Å². The number of nitrogens with zero attached hydrogens (tertiary/aromatic N) is 1. The summed E-state index contributed by atoms with van der Waals surface area (Å²) in [6, 6.07) is 0. The van der Waals surface area contributed by atoms with Gasteiger partial charge in [-0.25, -0.2) is 4.79 Å². The molecule has 0 spiro atoms. The summed E-state index contributed by atoms with van der Waals surface area (Å²) in [4.78, 5) is 20.7. The average molecular weight is 203 g/mol. The quantitative estimate of drug-likeness (QED) is 0.302. The molecule has 0 aliphatic heterocycles.